The van der Waals surface area contributed by atoms with E-state index in [2.05, 4.69) is 21.8 Å². The Balaban J connectivity index is 1.37. The quantitative estimate of drug-likeness (QED) is 0.448. The maximum atomic E-state index is 13.2. The van der Waals surface area contributed by atoms with Crippen LogP contribution in [-0.4, -0.2) is 85.9 Å². The third kappa shape index (κ3) is 6.55. The zero-order chi connectivity index (χ0) is 24.7. The standard InChI is InChI=1S/C21H28F3N7O3/c1-14(28-16-12-27-29-20(33)18(16)21(22,23)24)13-34-10-4-17(32)30-6-8-31(9-7-30)19-15(11-25)3-2-5-26-19/h2-3,5,14,16,18,27-28H,4,6-10,12-13H2,1H3,(H,29,33)/t14-,16?,18?/m0/s1. The van der Waals surface area contributed by atoms with Gasteiger partial charge in [-0.15, -0.1) is 0 Å². The van der Waals surface area contributed by atoms with Crippen LogP contribution in [0.4, 0.5) is 19.0 Å². The van der Waals surface area contributed by atoms with Gasteiger partial charge in [0.1, 0.15) is 11.9 Å². The van der Waals surface area contributed by atoms with Gasteiger partial charge in [-0.2, -0.15) is 18.4 Å². The lowest BCUT2D eigenvalue weighted by atomic mass is 9.96. The minimum Gasteiger partial charge on any atom is -0.379 e. The first kappa shape index (κ1) is 25.7. The topological polar surface area (TPSA) is 123 Å². The fraction of sp³-hybridized carbons (Fsp3) is 0.619. The summed E-state index contributed by atoms with van der Waals surface area (Å²) in [7, 11) is 0. The summed E-state index contributed by atoms with van der Waals surface area (Å²) in [4.78, 5) is 32.1. The number of hydrazine groups is 1. The lowest BCUT2D eigenvalue weighted by molar-refractivity contribution is -0.193. The minimum atomic E-state index is -4.66. The van der Waals surface area contributed by atoms with E-state index in [1.165, 1.54) is 0 Å². The molecule has 2 amide bonds. The highest BCUT2D eigenvalue weighted by Crippen LogP contribution is 2.30. The summed E-state index contributed by atoms with van der Waals surface area (Å²) >= 11 is 0. The fourth-order valence-corrected chi connectivity index (χ4v) is 4.05. The molecule has 3 atom stereocenters. The van der Waals surface area contributed by atoms with E-state index in [0.717, 1.165) is 0 Å². The van der Waals surface area contributed by atoms with Gasteiger partial charge < -0.3 is 19.9 Å². The number of hydrogen-bond acceptors (Lipinski definition) is 8. The first-order valence-corrected chi connectivity index (χ1v) is 11.0. The van der Waals surface area contributed by atoms with Crippen molar-refractivity contribution in [3.8, 4) is 6.07 Å². The second kappa shape index (κ2) is 11.5. The summed E-state index contributed by atoms with van der Waals surface area (Å²) in [5, 5.41) is 12.0. The van der Waals surface area contributed by atoms with Crippen molar-refractivity contribution < 1.29 is 27.5 Å². The maximum Gasteiger partial charge on any atom is 0.402 e. The number of aromatic nitrogens is 1. The number of halogens is 3. The number of nitrogens with zero attached hydrogens (tertiary/aromatic N) is 4. The number of ether oxygens (including phenoxy) is 1. The molecule has 3 heterocycles. The number of carbonyl (C=O) groups excluding carboxylic acids is 2. The van der Waals surface area contributed by atoms with E-state index in [1.807, 2.05) is 10.3 Å². The summed E-state index contributed by atoms with van der Waals surface area (Å²) in [6.07, 6.45) is -2.88. The molecule has 0 aromatic carbocycles. The number of pyridine rings is 1. The van der Waals surface area contributed by atoms with E-state index in [4.69, 9.17) is 4.74 Å². The van der Waals surface area contributed by atoms with Crippen LogP contribution in [-0.2, 0) is 14.3 Å². The Hall–Kier alpha value is -2.95. The average molecular weight is 483 g/mol. The molecule has 13 heteroatoms. The summed E-state index contributed by atoms with van der Waals surface area (Å²) in [6, 6.07) is 3.96. The summed E-state index contributed by atoms with van der Waals surface area (Å²) in [5.74, 6) is -2.74. The summed E-state index contributed by atoms with van der Waals surface area (Å²) in [5.41, 5.74) is 4.96. The van der Waals surface area contributed by atoms with E-state index in [9.17, 15) is 28.0 Å². The van der Waals surface area contributed by atoms with Gasteiger partial charge in [0.05, 0.1) is 25.2 Å². The molecule has 10 nitrogen and oxygen atoms in total. The van der Waals surface area contributed by atoms with Crippen molar-refractivity contribution in [2.75, 3.05) is 50.8 Å². The van der Waals surface area contributed by atoms with E-state index in [1.54, 1.807) is 30.2 Å². The SMILES string of the molecule is C[C@@H](COCCC(=O)N1CCN(c2ncccc2C#N)CC1)NC1CNNC(=O)C1C(F)(F)F. The highest BCUT2D eigenvalue weighted by molar-refractivity contribution is 5.80. The molecule has 0 spiro atoms. The molecular formula is C21H28F3N7O3. The highest BCUT2D eigenvalue weighted by Gasteiger charge is 2.51. The first-order valence-electron chi connectivity index (χ1n) is 11.0. The van der Waals surface area contributed by atoms with Gasteiger partial charge in [-0.25, -0.2) is 10.4 Å². The zero-order valence-corrected chi connectivity index (χ0v) is 18.8. The molecule has 2 aliphatic heterocycles. The molecule has 0 radical (unpaired) electrons. The van der Waals surface area contributed by atoms with Crippen LogP contribution in [0, 0.1) is 17.2 Å². The molecular weight excluding hydrogens is 455 g/mol. The molecule has 186 valence electrons. The molecule has 2 aliphatic rings. The molecule has 2 unspecified atom stereocenters. The lowest BCUT2D eigenvalue weighted by Crippen LogP contribution is -2.64. The third-order valence-electron chi connectivity index (χ3n) is 5.74. The van der Waals surface area contributed by atoms with Crippen molar-refractivity contribution in [3.63, 3.8) is 0 Å². The Morgan fingerprint density at radius 2 is 2.12 bits per heavy atom. The average Bonchev–Trinajstić information content (AvgIpc) is 2.81. The number of hydrogen-bond donors (Lipinski definition) is 3. The van der Waals surface area contributed by atoms with Gasteiger partial charge in [0, 0.05) is 51.0 Å². The molecule has 3 N–H and O–H groups in total. The van der Waals surface area contributed by atoms with E-state index in [-0.39, 0.29) is 32.1 Å². The molecule has 34 heavy (non-hydrogen) atoms. The maximum absolute atomic E-state index is 13.2. The van der Waals surface area contributed by atoms with E-state index in [0.29, 0.717) is 37.6 Å². The normalized spacial score (nSPS) is 22.1. The van der Waals surface area contributed by atoms with Gasteiger partial charge >= 0.3 is 6.18 Å². The monoisotopic (exact) mass is 483 g/mol. The van der Waals surface area contributed by atoms with Crippen molar-refractivity contribution in [1.29, 1.82) is 5.26 Å². The van der Waals surface area contributed by atoms with Crippen LogP contribution < -0.4 is 21.1 Å². The number of nitrogens with one attached hydrogen (secondary N) is 3. The molecule has 2 saturated heterocycles. The van der Waals surface area contributed by atoms with Crippen molar-refractivity contribution in [1.82, 2.24) is 26.1 Å². The molecule has 1 aromatic heterocycles. The Kier molecular flexibility index (Phi) is 8.65. The molecule has 0 bridgehead atoms. The molecule has 3 rings (SSSR count). The van der Waals surface area contributed by atoms with Crippen LogP contribution in [0.1, 0.15) is 18.9 Å². The Morgan fingerprint density at radius 3 is 2.79 bits per heavy atom. The Bertz CT molecular complexity index is 900. The van der Waals surface area contributed by atoms with Crippen LogP contribution in [0.5, 0.6) is 0 Å². The number of carbonyl (C=O) groups is 2. The van der Waals surface area contributed by atoms with Crippen molar-refractivity contribution in [3.05, 3.63) is 23.9 Å². The minimum absolute atomic E-state index is 0.0704. The number of piperazine rings is 1. The van der Waals surface area contributed by atoms with Gasteiger partial charge in [0.15, 0.2) is 5.92 Å². The summed E-state index contributed by atoms with van der Waals surface area (Å²) in [6.45, 7) is 3.93. The molecule has 0 aliphatic carbocycles. The summed E-state index contributed by atoms with van der Waals surface area (Å²) < 4.78 is 45.1. The van der Waals surface area contributed by atoms with Crippen LogP contribution in [0.3, 0.4) is 0 Å². The third-order valence-corrected chi connectivity index (χ3v) is 5.74. The van der Waals surface area contributed by atoms with Gasteiger partial charge in [0.2, 0.25) is 11.8 Å². The Morgan fingerprint density at radius 1 is 1.38 bits per heavy atom. The van der Waals surface area contributed by atoms with Gasteiger partial charge in [-0.1, -0.05) is 0 Å². The van der Waals surface area contributed by atoms with Gasteiger partial charge in [-0.3, -0.25) is 15.0 Å². The predicted molar refractivity (Wildman–Crippen MR) is 115 cm³/mol. The first-order chi connectivity index (χ1) is 16.2. The van der Waals surface area contributed by atoms with E-state index >= 15 is 0 Å². The Labute approximate surface area is 195 Å². The largest absolute Gasteiger partial charge is 0.402 e. The number of alkyl halides is 3. The van der Waals surface area contributed by atoms with Crippen LogP contribution >= 0.6 is 0 Å². The van der Waals surface area contributed by atoms with Gasteiger partial charge in [0.25, 0.3) is 0 Å². The second-order valence-corrected chi connectivity index (χ2v) is 8.24. The highest BCUT2D eigenvalue weighted by atomic mass is 19.4. The number of rotatable bonds is 8. The molecule has 0 saturated carbocycles. The van der Waals surface area contributed by atoms with Crippen LogP contribution in [0.25, 0.3) is 0 Å². The number of anilines is 1. The molecule has 2 fully saturated rings. The van der Waals surface area contributed by atoms with Crippen molar-refractivity contribution in [2.24, 2.45) is 5.92 Å². The lowest BCUT2D eigenvalue weighted by Gasteiger charge is -2.36. The van der Waals surface area contributed by atoms with Gasteiger partial charge in [-0.05, 0) is 19.1 Å². The number of amides is 2. The van der Waals surface area contributed by atoms with E-state index < -0.39 is 30.1 Å². The van der Waals surface area contributed by atoms with Crippen molar-refractivity contribution in [2.45, 2.75) is 31.6 Å². The van der Waals surface area contributed by atoms with Crippen LogP contribution in [0.15, 0.2) is 18.3 Å². The second-order valence-electron chi connectivity index (χ2n) is 8.24. The number of nitriles is 1. The molecule has 1 aromatic rings. The predicted octanol–water partition coefficient (Wildman–Crippen LogP) is 0.168. The van der Waals surface area contributed by atoms with Crippen LogP contribution in [0.2, 0.25) is 0 Å². The smallest absolute Gasteiger partial charge is 0.379 e. The van der Waals surface area contributed by atoms with Crippen molar-refractivity contribution >= 4 is 17.6 Å². The fourth-order valence-electron chi connectivity index (χ4n) is 4.05. The zero-order valence-electron chi connectivity index (χ0n) is 18.8.